The Labute approximate surface area is 122 Å². The summed E-state index contributed by atoms with van der Waals surface area (Å²) in [4.78, 5) is 25.5. The monoisotopic (exact) mass is 306 g/mol. The molecular formula is C14H8ClFN2O3. The second kappa shape index (κ2) is 4.75. The minimum Gasteiger partial charge on any atom is -0.478 e. The molecular weight excluding hydrogens is 299 g/mol. The van der Waals surface area contributed by atoms with Crippen LogP contribution in [-0.4, -0.2) is 20.6 Å². The average molecular weight is 307 g/mol. The predicted octanol–water partition coefficient (Wildman–Crippen LogP) is 2.81. The Morgan fingerprint density at radius 1 is 1.24 bits per heavy atom. The second-order valence-corrected chi connectivity index (χ2v) is 4.81. The van der Waals surface area contributed by atoms with Crippen LogP contribution in [0, 0.1) is 5.82 Å². The van der Waals surface area contributed by atoms with Crippen LogP contribution in [0.25, 0.3) is 16.7 Å². The highest BCUT2D eigenvalue weighted by Crippen LogP contribution is 2.24. The zero-order chi connectivity index (χ0) is 15.1. The van der Waals surface area contributed by atoms with Crippen molar-refractivity contribution in [2.75, 3.05) is 0 Å². The number of benzene rings is 2. The number of rotatable bonds is 2. The van der Waals surface area contributed by atoms with Gasteiger partial charge < -0.3 is 10.1 Å². The molecule has 21 heavy (non-hydrogen) atoms. The van der Waals surface area contributed by atoms with Crippen molar-refractivity contribution in [2.24, 2.45) is 0 Å². The van der Waals surface area contributed by atoms with Gasteiger partial charge in [0, 0.05) is 0 Å². The molecule has 0 aliphatic heterocycles. The van der Waals surface area contributed by atoms with E-state index in [9.17, 15) is 14.0 Å². The van der Waals surface area contributed by atoms with Gasteiger partial charge in [-0.3, -0.25) is 4.57 Å². The van der Waals surface area contributed by atoms with Gasteiger partial charge in [-0.25, -0.2) is 14.0 Å². The SMILES string of the molecule is O=C(O)c1ccc2c(c1)[nH]c(=O)n2-c1cc(F)ccc1Cl. The van der Waals surface area contributed by atoms with Crippen LogP contribution in [0.15, 0.2) is 41.2 Å². The van der Waals surface area contributed by atoms with Crippen LogP contribution < -0.4 is 5.69 Å². The maximum Gasteiger partial charge on any atom is 0.335 e. The average Bonchev–Trinajstić information content (AvgIpc) is 2.76. The van der Waals surface area contributed by atoms with Crippen molar-refractivity contribution >= 4 is 28.6 Å². The van der Waals surface area contributed by atoms with Crippen molar-refractivity contribution in [2.45, 2.75) is 0 Å². The fraction of sp³-hybridized carbons (Fsp3) is 0. The molecule has 0 saturated heterocycles. The molecule has 0 aliphatic rings. The van der Waals surface area contributed by atoms with Gasteiger partial charge in [0.05, 0.1) is 27.3 Å². The number of aromatic amines is 1. The number of aromatic carboxylic acids is 1. The third-order valence-corrected chi connectivity index (χ3v) is 3.40. The molecule has 0 unspecified atom stereocenters. The third-order valence-electron chi connectivity index (χ3n) is 3.08. The summed E-state index contributed by atoms with van der Waals surface area (Å²) in [6, 6.07) is 7.85. The van der Waals surface area contributed by atoms with Crippen LogP contribution in [0.4, 0.5) is 4.39 Å². The molecule has 0 saturated carbocycles. The molecule has 2 aromatic carbocycles. The normalized spacial score (nSPS) is 11.0. The third kappa shape index (κ3) is 2.19. The van der Waals surface area contributed by atoms with Gasteiger partial charge >= 0.3 is 11.7 Å². The van der Waals surface area contributed by atoms with Crippen molar-refractivity contribution in [3.63, 3.8) is 0 Å². The van der Waals surface area contributed by atoms with Gasteiger partial charge in [0.2, 0.25) is 0 Å². The Kier molecular flexibility index (Phi) is 3.03. The minimum atomic E-state index is -1.10. The van der Waals surface area contributed by atoms with Crippen molar-refractivity contribution in [1.29, 1.82) is 0 Å². The highest BCUT2D eigenvalue weighted by molar-refractivity contribution is 6.32. The highest BCUT2D eigenvalue weighted by Gasteiger charge is 2.14. The summed E-state index contributed by atoms with van der Waals surface area (Å²) in [5.41, 5.74) is 0.454. The molecule has 7 heteroatoms. The molecule has 0 fully saturated rings. The van der Waals surface area contributed by atoms with Gasteiger partial charge in [0.1, 0.15) is 5.82 Å². The molecule has 0 aliphatic carbocycles. The fourth-order valence-electron chi connectivity index (χ4n) is 2.14. The number of hydrogen-bond donors (Lipinski definition) is 2. The predicted molar refractivity (Wildman–Crippen MR) is 75.8 cm³/mol. The molecule has 3 rings (SSSR count). The molecule has 0 spiro atoms. The van der Waals surface area contributed by atoms with E-state index in [2.05, 4.69) is 4.98 Å². The van der Waals surface area contributed by atoms with Gasteiger partial charge in [-0.1, -0.05) is 11.6 Å². The van der Waals surface area contributed by atoms with E-state index in [0.717, 1.165) is 6.07 Å². The lowest BCUT2D eigenvalue weighted by Gasteiger charge is -2.06. The molecule has 5 nitrogen and oxygen atoms in total. The summed E-state index contributed by atoms with van der Waals surface area (Å²) in [5, 5.41) is 9.16. The van der Waals surface area contributed by atoms with E-state index >= 15 is 0 Å². The quantitative estimate of drug-likeness (QED) is 0.764. The molecule has 0 atom stereocenters. The molecule has 0 bridgehead atoms. The molecule has 1 aromatic heterocycles. The Balaban J connectivity index is 2.33. The van der Waals surface area contributed by atoms with Gasteiger partial charge in [-0.05, 0) is 36.4 Å². The lowest BCUT2D eigenvalue weighted by molar-refractivity contribution is 0.0697. The van der Waals surface area contributed by atoms with Crippen molar-refractivity contribution < 1.29 is 14.3 Å². The number of H-pyrrole nitrogens is 1. The fourth-order valence-corrected chi connectivity index (χ4v) is 2.34. The molecule has 2 N–H and O–H groups in total. The van der Waals surface area contributed by atoms with E-state index in [-0.39, 0.29) is 16.3 Å². The Bertz CT molecular complexity index is 930. The van der Waals surface area contributed by atoms with Crippen LogP contribution in [0.5, 0.6) is 0 Å². The Hall–Kier alpha value is -2.60. The van der Waals surface area contributed by atoms with Crippen LogP contribution in [-0.2, 0) is 0 Å². The van der Waals surface area contributed by atoms with Gasteiger partial charge in [-0.2, -0.15) is 0 Å². The number of fused-ring (bicyclic) bond motifs is 1. The number of imidazole rings is 1. The van der Waals surface area contributed by atoms with Crippen LogP contribution >= 0.6 is 11.6 Å². The molecule has 106 valence electrons. The van der Waals surface area contributed by atoms with Crippen molar-refractivity contribution in [3.05, 3.63) is 63.3 Å². The Morgan fingerprint density at radius 3 is 2.71 bits per heavy atom. The number of nitrogens with zero attached hydrogens (tertiary/aromatic N) is 1. The number of carboxylic acids is 1. The number of aromatic nitrogens is 2. The van der Waals surface area contributed by atoms with E-state index in [1.54, 1.807) is 0 Å². The first kappa shape index (κ1) is 13.4. The first-order chi connectivity index (χ1) is 9.97. The van der Waals surface area contributed by atoms with Crippen molar-refractivity contribution in [1.82, 2.24) is 9.55 Å². The topological polar surface area (TPSA) is 75.1 Å². The van der Waals surface area contributed by atoms with Gasteiger partial charge in [0.25, 0.3) is 0 Å². The Morgan fingerprint density at radius 2 is 2.00 bits per heavy atom. The number of carboxylic acid groups (broad SMARTS) is 1. The van der Waals surface area contributed by atoms with Crippen molar-refractivity contribution in [3.8, 4) is 5.69 Å². The van der Waals surface area contributed by atoms with E-state index in [1.165, 1.54) is 34.9 Å². The summed E-state index contributed by atoms with van der Waals surface area (Å²) in [6.07, 6.45) is 0. The number of hydrogen-bond acceptors (Lipinski definition) is 2. The summed E-state index contributed by atoms with van der Waals surface area (Å²) < 4.78 is 14.6. The first-order valence-electron chi connectivity index (χ1n) is 5.91. The number of halogens is 2. The van der Waals surface area contributed by atoms with E-state index < -0.39 is 17.5 Å². The number of carbonyl (C=O) groups is 1. The van der Waals surface area contributed by atoms with Gasteiger partial charge in [0.15, 0.2) is 0 Å². The lowest BCUT2D eigenvalue weighted by Crippen LogP contribution is -2.15. The maximum absolute atomic E-state index is 13.4. The van der Waals surface area contributed by atoms with Gasteiger partial charge in [-0.15, -0.1) is 0 Å². The lowest BCUT2D eigenvalue weighted by atomic mass is 10.2. The van der Waals surface area contributed by atoms with E-state index in [0.29, 0.717) is 11.0 Å². The van der Waals surface area contributed by atoms with Crippen LogP contribution in [0.3, 0.4) is 0 Å². The maximum atomic E-state index is 13.4. The van der Waals surface area contributed by atoms with E-state index in [1.807, 2.05) is 0 Å². The first-order valence-corrected chi connectivity index (χ1v) is 6.28. The minimum absolute atomic E-state index is 0.0428. The summed E-state index contributed by atoms with van der Waals surface area (Å²) >= 11 is 6.01. The molecule has 0 radical (unpaired) electrons. The molecule has 1 heterocycles. The largest absolute Gasteiger partial charge is 0.478 e. The molecule has 0 amide bonds. The summed E-state index contributed by atoms with van der Waals surface area (Å²) in [6.45, 7) is 0. The smallest absolute Gasteiger partial charge is 0.335 e. The summed E-state index contributed by atoms with van der Waals surface area (Å²) in [7, 11) is 0. The number of nitrogens with one attached hydrogen (secondary N) is 1. The highest BCUT2D eigenvalue weighted by atomic mass is 35.5. The van der Waals surface area contributed by atoms with Crippen LogP contribution in [0.2, 0.25) is 5.02 Å². The zero-order valence-electron chi connectivity index (χ0n) is 10.4. The zero-order valence-corrected chi connectivity index (χ0v) is 11.2. The summed E-state index contributed by atoms with van der Waals surface area (Å²) in [5.74, 6) is -1.63. The van der Waals surface area contributed by atoms with Crippen LogP contribution in [0.1, 0.15) is 10.4 Å². The standard InChI is InChI=1S/C14H8ClFN2O3/c15-9-3-2-8(16)6-12(9)18-11-4-1-7(13(19)20)5-10(11)17-14(18)21/h1-6H,(H,17,21)(H,19,20). The second-order valence-electron chi connectivity index (χ2n) is 4.40. The molecule has 3 aromatic rings. The van der Waals surface area contributed by atoms with E-state index in [4.69, 9.17) is 16.7 Å².